The molecule has 27 heavy (non-hydrogen) atoms. The first-order valence-electron chi connectivity index (χ1n) is 8.74. The van der Waals surface area contributed by atoms with Gasteiger partial charge in [0.05, 0.1) is 15.1 Å². The van der Waals surface area contributed by atoms with Gasteiger partial charge < -0.3 is 4.57 Å². The van der Waals surface area contributed by atoms with Crippen LogP contribution in [0.5, 0.6) is 0 Å². The van der Waals surface area contributed by atoms with Crippen molar-refractivity contribution in [3.05, 3.63) is 70.5 Å². The Morgan fingerprint density at radius 2 is 1.96 bits per heavy atom. The van der Waals surface area contributed by atoms with Crippen LogP contribution in [0.25, 0.3) is 10.2 Å². The Bertz CT molecular complexity index is 1130. The molecule has 142 valence electrons. The molecule has 0 saturated heterocycles. The number of hydrogen-bond donors (Lipinski definition) is 0. The van der Waals surface area contributed by atoms with Crippen LogP contribution in [0.15, 0.2) is 64.4 Å². The fraction of sp³-hybridized carbons (Fsp3) is 0.250. The lowest BCUT2D eigenvalue weighted by atomic mass is 10.1. The van der Waals surface area contributed by atoms with Crippen molar-refractivity contribution < 1.29 is 8.42 Å². The van der Waals surface area contributed by atoms with E-state index in [4.69, 9.17) is 11.6 Å². The first-order chi connectivity index (χ1) is 12.9. The lowest BCUT2D eigenvalue weighted by molar-refractivity contribution is 0.596. The third kappa shape index (κ3) is 4.51. The number of allylic oxidation sites excluding steroid dienone is 1. The summed E-state index contributed by atoms with van der Waals surface area (Å²) in [5.41, 5.74) is 2.22. The van der Waals surface area contributed by atoms with Crippen LogP contribution in [0.1, 0.15) is 25.3 Å². The van der Waals surface area contributed by atoms with Gasteiger partial charge in [0.25, 0.3) is 10.0 Å². The number of aromatic nitrogens is 1. The van der Waals surface area contributed by atoms with E-state index < -0.39 is 10.0 Å². The second-order valence-corrected chi connectivity index (χ2v) is 9.26. The summed E-state index contributed by atoms with van der Waals surface area (Å²) in [6, 6.07) is 12.3. The normalized spacial score (nSPS) is 12.6. The van der Waals surface area contributed by atoms with Crippen molar-refractivity contribution in [1.82, 2.24) is 4.57 Å². The molecule has 0 N–H and O–H groups in total. The lowest BCUT2D eigenvalue weighted by Crippen LogP contribution is -2.16. The van der Waals surface area contributed by atoms with E-state index in [1.165, 1.54) is 29.0 Å². The Balaban J connectivity index is 2.13. The Labute approximate surface area is 168 Å². The average molecular weight is 421 g/mol. The smallest absolute Gasteiger partial charge is 0.285 e. The molecular formula is C20H21ClN2O2S2. The van der Waals surface area contributed by atoms with Gasteiger partial charge in [-0.3, -0.25) is 0 Å². The Kier molecular flexibility index (Phi) is 6.19. The number of hydrogen-bond acceptors (Lipinski definition) is 3. The molecule has 1 heterocycles. The van der Waals surface area contributed by atoms with Crippen molar-refractivity contribution in [3.8, 4) is 0 Å². The molecule has 0 bridgehead atoms. The lowest BCUT2D eigenvalue weighted by Gasteiger charge is -2.03. The fourth-order valence-electron chi connectivity index (χ4n) is 2.79. The number of sulfonamides is 1. The number of halogens is 1. The Morgan fingerprint density at radius 1 is 1.22 bits per heavy atom. The van der Waals surface area contributed by atoms with Crippen LogP contribution in [-0.2, 0) is 23.0 Å². The minimum absolute atomic E-state index is 0.123. The Hall–Kier alpha value is -1.89. The van der Waals surface area contributed by atoms with Gasteiger partial charge in [0.2, 0.25) is 4.80 Å². The summed E-state index contributed by atoms with van der Waals surface area (Å²) in [7, 11) is -3.82. The van der Waals surface area contributed by atoms with E-state index in [2.05, 4.69) is 30.0 Å². The number of fused-ring (bicyclic) bond motifs is 1. The minimum Gasteiger partial charge on any atom is -0.312 e. The van der Waals surface area contributed by atoms with Gasteiger partial charge in [-0.15, -0.1) is 11.0 Å². The summed E-state index contributed by atoms with van der Waals surface area (Å²) in [4.78, 5) is 0.561. The van der Waals surface area contributed by atoms with E-state index >= 15 is 0 Å². The van der Waals surface area contributed by atoms with Crippen molar-refractivity contribution >= 4 is 43.2 Å². The maximum absolute atomic E-state index is 12.7. The van der Waals surface area contributed by atoms with Crippen LogP contribution in [-0.4, -0.2) is 13.0 Å². The molecule has 0 aliphatic carbocycles. The van der Waals surface area contributed by atoms with Crippen LogP contribution in [0.2, 0.25) is 5.02 Å². The number of nitrogens with zero attached hydrogens (tertiary/aromatic N) is 2. The predicted octanol–water partition coefficient (Wildman–Crippen LogP) is 5.17. The number of thiazole rings is 1. The third-order valence-electron chi connectivity index (χ3n) is 4.19. The van der Waals surface area contributed by atoms with Gasteiger partial charge >= 0.3 is 0 Å². The average Bonchev–Trinajstić information content (AvgIpc) is 2.96. The zero-order valence-corrected chi connectivity index (χ0v) is 17.4. The van der Waals surface area contributed by atoms with Crippen LogP contribution in [0.3, 0.4) is 0 Å². The molecule has 3 aromatic rings. The summed E-state index contributed by atoms with van der Waals surface area (Å²) in [5.74, 6) is 0. The zero-order valence-electron chi connectivity index (χ0n) is 15.1. The van der Waals surface area contributed by atoms with Crippen molar-refractivity contribution in [1.29, 1.82) is 0 Å². The molecule has 3 rings (SSSR count). The molecule has 2 aromatic carbocycles. The van der Waals surface area contributed by atoms with Gasteiger partial charge in [0.1, 0.15) is 0 Å². The first-order valence-corrected chi connectivity index (χ1v) is 11.4. The molecule has 0 aliphatic rings. The molecule has 0 radical (unpaired) electrons. The highest BCUT2D eigenvalue weighted by Crippen LogP contribution is 2.22. The van der Waals surface area contributed by atoms with E-state index in [9.17, 15) is 8.42 Å². The monoisotopic (exact) mass is 420 g/mol. The third-order valence-corrected chi connectivity index (χ3v) is 6.88. The second-order valence-electron chi connectivity index (χ2n) is 6.21. The summed E-state index contributed by atoms with van der Waals surface area (Å²) in [6.45, 7) is 6.44. The van der Waals surface area contributed by atoms with Crippen molar-refractivity contribution in [2.75, 3.05) is 0 Å². The molecule has 0 unspecified atom stereocenters. The fourth-order valence-corrected chi connectivity index (χ4v) is 5.22. The second kappa shape index (κ2) is 8.42. The number of rotatable bonds is 7. The number of unbranched alkanes of at least 4 members (excludes halogenated alkanes) is 1. The largest absolute Gasteiger partial charge is 0.312 e. The minimum atomic E-state index is -3.82. The highest BCUT2D eigenvalue weighted by molar-refractivity contribution is 7.90. The molecule has 1 aromatic heterocycles. The summed E-state index contributed by atoms with van der Waals surface area (Å²) in [5, 5.41) is 0.483. The maximum Gasteiger partial charge on any atom is 0.285 e. The van der Waals surface area contributed by atoms with Crippen LogP contribution in [0, 0.1) is 0 Å². The van der Waals surface area contributed by atoms with Gasteiger partial charge in [0.15, 0.2) is 0 Å². The molecule has 0 saturated carbocycles. The zero-order chi connectivity index (χ0) is 19.4. The van der Waals surface area contributed by atoms with E-state index in [0.29, 0.717) is 16.4 Å². The maximum atomic E-state index is 12.7. The summed E-state index contributed by atoms with van der Waals surface area (Å²) >= 11 is 7.23. The van der Waals surface area contributed by atoms with Crippen LogP contribution in [0.4, 0.5) is 0 Å². The highest BCUT2D eigenvalue weighted by Gasteiger charge is 2.14. The highest BCUT2D eigenvalue weighted by atomic mass is 35.5. The first kappa shape index (κ1) is 19.9. The topological polar surface area (TPSA) is 51.4 Å². The van der Waals surface area contributed by atoms with E-state index in [1.807, 2.05) is 10.6 Å². The van der Waals surface area contributed by atoms with Gasteiger partial charge in [-0.1, -0.05) is 48.4 Å². The van der Waals surface area contributed by atoms with Gasteiger partial charge in [-0.05, 0) is 54.8 Å². The quantitative estimate of drug-likeness (QED) is 0.495. The molecule has 0 spiro atoms. The molecule has 0 atom stereocenters. The van der Waals surface area contributed by atoms with E-state index in [1.54, 1.807) is 18.2 Å². The summed E-state index contributed by atoms with van der Waals surface area (Å²) in [6.07, 6.45) is 5.02. The molecule has 4 nitrogen and oxygen atoms in total. The molecule has 0 fully saturated rings. The van der Waals surface area contributed by atoms with E-state index in [-0.39, 0.29) is 4.90 Å². The molecule has 0 aliphatic heterocycles. The predicted molar refractivity (Wildman–Crippen MR) is 113 cm³/mol. The van der Waals surface area contributed by atoms with Gasteiger partial charge in [-0.2, -0.15) is 8.42 Å². The van der Waals surface area contributed by atoms with Crippen molar-refractivity contribution in [2.45, 2.75) is 37.6 Å². The van der Waals surface area contributed by atoms with Crippen molar-refractivity contribution in [2.24, 2.45) is 4.40 Å². The molecular weight excluding hydrogens is 400 g/mol. The standard InChI is InChI=1S/C20H21ClN2O2S2/c1-3-5-6-15-7-12-18-19(14-15)26-20(23(18)13-4-2)22-27(24,25)17-10-8-16(21)9-11-17/h4,7-12,14H,2-3,5-6,13H2,1H3/b22-20-. The molecule has 7 heteroatoms. The van der Waals surface area contributed by atoms with E-state index in [0.717, 1.165) is 29.5 Å². The number of aryl methyl sites for hydroxylation is 1. The van der Waals surface area contributed by atoms with Crippen LogP contribution < -0.4 is 4.80 Å². The SMILES string of the molecule is C=CCn1/c(=N/S(=O)(=O)c2ccc(Cl)cc2)sc2cc(CCCC)ccc21. The molecule has 0 amide bonds. The van der Waals surface area contributed by atoms with Gasteiger partial charge in [-0.25, -0.2) is 0 Å². The summed E-state index contributed by atoms with van der Waals surface area (Å²) < 4.78 is 32.4. The number of benzene rings is 2. The van der Waals surface area contributed by atoms with Crippen molar-refractivity contribution in [3.63, 3.8) is 0 Å². The van der Waals surface area contributed by atoms with Gasteiger partial charge in [0, 0.05) is 11.6 Å². The Morgan fingerprint density at radius 3 is 2.63 bits per heavy atom. The van der Waals surface area contributed by atoms with Crippen LogP contribution >= 0.6 is 22.9 Å².